The lowest BCUT2D eigenvalue weighted by Crippen LogP contribution is -2.29. The molecule has 1 aliphatic rings. The van der Waals surface area contributed by atoms with E-state index in [1.807, 2.05) is 13.0 Å². The molecule has 0 radical (unpaired) electrons. The molecule has 2 heterocycles. The number of rotatable bonds is 7. The minimum atomic E-state index is -0.847. The highest BCUT2D eigenvalue weighted by atomic mass is 35.5. The first-order valence-corrected chi connectivity index (χ1v) is 11.1. The van der Waals surface area contributed by atoms with Crippen LogP contribution < -0.4 is 9.47 Å². The summed E-state index contributed by atoms with van der Waals surface area (Å²) in [5.41, 5.74) is 1.71. The van der Waals surface area contributed by atoms with Gasteiger partial charge in [-0.15, -0.1) is 0 Å². The Labute approximate surface area is 202 Å². The van der Waals surface area contributed by atoms with Crippen molar-refractivity contribution in [3.63, 3.8) is 0 Å². The highest BCUT2D eigenvalue weighted by molar-refractivity contribution is 6.46. The third-order valence-electron chi connectivity index (χ3n) is 5.54. The molecule has 7 nitrogen and oxygen atoms in total. The molecule has 1 N–H and O–H groups in total. The number of hydrogen-bond acceptors (Lipinski definition) is 6. The summed E-state index contributed by atoms with van der Waals surface area (Å²) in [5.74, 6) is -0.763. The van der Waals surface area contributed by atoms with Gasteiger partial charge in [0.15, 0.2) is 11.5 Å². The molecule has 2 aromatic carbocycles. The van der Waals surface area contributed by atoms with Gasteiger partial charge in [0, 0.05) is 29.5 Å². The quantitative estimate of drug-likeness (QED) is 0.299. The lowest BCUT2D eigenvalue weighted by molar-refractivity contribution is -0.140. The highest BCUT2D eigenvalue weighted by Gasteiger charge is 2.46. The van der Waals surface area contributed by atoms with E-state index in [9.17, 15) is 14.7 Å². The molecule has 1 unspecified atom stereocenters. The van der Waals surface area contributed by atoms with E-state index in [1.54, 1.807) is 60.9 Å². The molecule has 1 saturated heterocycles. The number of amides is 1. The van der Waals surface area contributed by atoms with E-state index in [0.29, 0.717) is 34.3 Å². The minimum Gasteiger partial charge on any atom is -0.507 e. The number of Topliss-reactive ketones (excluding diaryl/α,β-unsaturated/α-hetero) is 1. The zero-order valence-corrected chi connectivity index (χ0v) is 19.5. The van der Waals surface area contributed by atoms with Crippen LogP contribution in [0.25, 0.3) is 5.76 Å². The predicted molar refractivity (Wildman–Crippen MR) is 128 cm³/mol. The largest absolute Gasteiger partial charge is 0.507 e. The van der Waals surface area contributed by atoms with E-state index in [1.165, 1.54) is 12.0 Å². The Balaban J connectivity index is 1.88. The van der Waals surface area contributed by atoms with Crippen molar-refractivity contribution >= 4 is 29.1 Å². The molecule has 1 aliphatic heterocycles. The lowest BCUT2D eigenvalue weighted by atomic mass is 9.95. The molecule has 4 rings (SSSR count). The van der Waals surface area contributed by atoms with E-state index in [0.717, 1.165) is 5.56 Å². The summed E-state index contributed by atoms with van der Waals surface area (Å²) in [6.07, 6.45) is 3.27. The van der Waals surface area contributed by atoms with E-state index >= 15 is 0 Å². The van der Waals surface area contributed by atoms with Crippen molar-refractivity contribution in [2.24, 2.45) is 0 Å². The molecule has 0 aliphatic carbocycles. The number of ketones is 1. The smallest absolute Gasteiger partial charge is 0.295 e. The number of carbonyl (C=O) groups is 2. The van der Waals surface area contributed by atoms with Crippen molar-refractivity contribution in [3.8, 4) is 11.5 Å². The molecule has 0 bridgehead atoms. The first-order chi connectivity index (χ1) is 16.4. The number of aliphatic hydroxyl groups is 1. The Morgan fingerprint density at radius 2 is 1.88 bits per heavy atom. The Morgan fingerprint density at radius 3 is 2.53 bits per heavy atom. The van der Waals surface area contributed by atoms with Crippen LogP contribution in [0.3, 0.4) is 0 Å². The number of aromatic nitrogens is 1. The van der Waals surface area contributed by atoms with Crippen molar-refractivity contribution < 1.29 is 24.2 Å². The summed E-state index contributed by atoms with van der Waals surface area (Å²) in [5, 5.41) is 11.6. The number of ether oxygens (including phenoxy) is 2. The molecule has 1 aromatic heterocycles. The maximum Gasteiger partial charge on any atom is 0.295 e. The minimum absolute atomic E-state index is 0.0116. The van der Waals surface area contributed by atoms with Gasteiger partial charge in [-0.05, 0) is 60.5 Å². The SMILES string of the molecule is CCOc1ccc(C2/C(=C(\O)c3ccc(Cl)cc3)C(=O)C(=O)N2Cc2cccnc2)cc1OC. The predicted octanol–water partition coefficient (Wildman–Crippen LogP) is 4.76. The van der Waals surface area contributed by atoms with Crippen molar-refractivity contribution in [2.45, 2.75) is 19.5 Å². The first kappa shape index (κ1) is 23.3. The van der Waals surface area contributed by atoms with Crippen LogP contribution in [-0.2, 0) is 16.1 Å². The fourth-order valence-corrected chi connectivity index (χ4v) is 4.10. The number of pyridine rings is 1. The van der Waals surface area contributed by atoms with Crippen LogP contribution in [0.5, 0.6) is 11.5 Å². The molecule has 1 amide bonds. The second-order valence-electron chi connectivity index (χ2n) is 7.64. The normalized spacial score (nSPS) is 17.1. The van der Waals surface area contributed by atoms with Crippen molar-refractivity contribution in [3.05, 3.63) is 94.3 Å². The van der Waals surface area contributed by atoms with Crippen LogP contribution in [0.2, 0.25) is 5.02 Å². The third-order valence-corrected chi connectivity index (χ3v) is 5.79. The van der Waals surface area contributed by atoms with Gasteiger partial charge in [-0.25, -0.2) is 0 Å². The van der Waals surface area contributed by atoms with Gasteiger partial charge < -0.3 is 19.5 Å². The summed E-state index contributed by atoms with van der Waals surface area (Å²) in [7, 11) is 1.52. The average Bonchev–Trinajstić information content (AvgIpc) is 3.10. The zero-order chi connectivity index (χ0) is 24.2. The van der Waals surface area contributed by atoms with Crippen LogP contribution in [0, 0.1) is 0 Å². The molecular formula is C26H23ClN2O5. The number of halogens is 1. The van der Waals surface area contributed by atoms with E-state index in [2.05, 4.69) is 4.98 Å². The first-order valence-electron chi connectivity index (χ1n) is 10.7. The Morgan fingerprint density at radius 1 is 1.12 bits per heavy atom. The van der Waals surface area contributed by atoms with Crippen LogP contribution >= 0.6 is 11.6 Å². The average molecular weight is 479 g/mol. The van der Waals surface area contributed by atoms with E-state index in [-0.39, 0.29) is 17.9 Å². The van der Waals surface area contributed by atoms with Gasteiger partial charge in [-0.3, -0.25) is 14.6 Å². The summed E-state index contributed by atoms with van der Waals surface area (Å²) in [4.78, 5) is 31.9. The number of methoxy groups -OCH3 is 1. The molecule has 0 spiro atoms. The van der Waals surface area contributed by atoms with Gasteiger partial charge in [0.2, 0.25) is 0 Å². The molecule has 34 heavy (non-hydrogen) atoms. The Bertz CT molecular complexity index is 1240. The van der Waals surface area contributed by atoms with Gasteiger partial charge >= 0.3 is 0 Å². The molecule has 0 saturated carbocycles. The molecule has 1 atom stereocenters. The standard InChI is InChI=1S/C26H23ClN2O5/c1-3-34-20-11-8-18(13-21(20)33-2)23-22(24(30)17-6-9-19(27)10-7-17)25(31)26(32)29(23)15-16-5-4-12-28-14-16/h4-14,23,30H,3,15H2,1-2H3/b24-22+. The van der Waals surface area contributed by atoms with Gasteiger partial charge in [-0.2, -0.15) is 0 Å². The van der Waals surface area contributed by atoms with Crippen molar-refractivity contribution in [2.75, 3.05) is 13.7 Å². The number of benzene rings is 2. The van der Waals surface area contributed by atoms with Gasteiger partial charge in [-0.1, -0.05) is 23.7 Å². The van der Waals surface area contributed by atoms with Crippen molar-refractivity contribution in [1.29, 1.82) is 0 Å². The topological polar surface area (TPSA) is 89.0 Å². The number of aliphatic hydroxyl groups excluding tert-OH is 1. The maximum atomic E-state index is 13.2. The Kier molecular flexibility index (Phi) is 6.84. The second-order valence-corrected chi connectivity index (χ2v) is 8.07. The number of nitrogens with zero attached hydrogens (tertiary/aromatic N) is 2. The van der Waals surface area contributed by atoms with Crippen LogP contribution in [0.1, 0.15) is 29.7 Å². The maximum absolute atomic E-state index is 13.2. The van der Waals surface area contributed by atoms with E-state index < -0.39 is 17.7 Å². The van der Waals surface area contributed by atoms with Crippen molar-refractivity contribution in [1.82, 2.24) is 9.88 Å². The molecular weight excluding hydrogens is 456 g/mol. The summed E-state index contributed by atoms with van der Waals surface area (Å²) in [6, 6.07) is 14.3. The van der Waals surface area contributed by atoms with Gasteiger partial charge in [0.1, 0.15) is 5.76 Å². The monoisotopic (exact) mass is 478 g/mol. The van der Waals surface area contributed by atoms with Crippen LogP contribution in [0.4, 0.5) is 0 Å². The summed E-state index contributed by atoms with van der Waals surface area (Å²) < 4.78 is 11.1. The lowest BCUT2D eigenvalue weighted by Gasteiger charge is -2.26. The number of hydrogen-bond donors (Lipinski definition) is 1. The Hall–Kier alpha value is -3.84. The molecule has 174 valence electrons. The summed E-state index contributed by atoms with van der Waals surface area (Å²) >= 11 is 5.98. The molecule has 3 aromatic rings. The third kappa shape index (κ3) is 4.47. The number of likely N-dealkylation sites (tertiary alicyclic amines) is 1. The molecule has 1 fully saturated rings. The zero-order valence-electron chi connectivity index (χ0n) is 18.7. The second kappa shape index (κ2) is 9.97. The van der Waals surface area contributed by atoms with E-state index in [4.69, 9.17) is 21.1 Å². The van der Waals surface area contributed by atoms with Gasteiger partial charge in [0.25, 0.3) is 11.7 Å². The fraction of sp³-hybridized carbons (Fsp3) is 0.192. The van der Waals surface area contributed by atoms with Gasteiger partial charge in [0.05, 0.1) is 25.3 Å². The fourth-order valence-electron chi connectivity index (χ4n) is 3.97. The van der Waals surface area contributed by atoms with Crippen LogP contribution in [0.15, 0.2) is 72.6 Å². The highest BCUT2D eigenvalue weighted by Crippen LogP contribution is 2.42. The van der Waals surface area contributed by atoms with Crippen LogP contribution in [-0.4, -0.2) is 40.4 Å². The number of carbonyl (C=O) groups excluding carboxylic acids is 2. The summed E-state index contributed by atoms with van der Waals surface area (Å²) in [6.45, 7) is 2.45. The molecule has 8 heteroatoms.